The molecule has 9 heteroatoms. The van der Waals surface area contributed by atoms with Crippen molar-refractivity contribution in [1.82, 2.24) is 5.32 Å². The third-order valence-electron chi connectivity index (χ3n) is 5.22. The second-order valence-corrected chi connectivity index (χ2v) is 7.21. The number of nitrogens with one attached hydrogen (secondary N) is 1. The molecule has 2 N–H and O–H groups in total. The van der Waals surface area contributed by atoms with Crippen LogP contribution in [0.5, 0.6) is 0 Å². The summed E-state index contributed by atoms with van der Waals surface area (Å²) in [6, 6.07) is 8.97. The lowest BCUT2D eigenvalue weighted by molar-refractivity contribution is -0.172. The third-order valence-corrected chi connectivity index (χ3v) is 5.22. The van der Waals surface area contributed by atoms with Gasteiger partial charge in [-0.2, -0.15) is 0 Å². The maximum Gasteiger partial charge on any atom is 0.492 e. The van der Waals surface area contributed by atoms with Gasteiger partial charge in [0.15, 0.2) is 5.54 Å². The Morgan fingerprint density at radius 2 is 1.97 bits per heavy atom. The summed E-state index contributed by atoms with van der Waals surface area (Å²) in [6.45, 7) is 1.96. The van der Waals surface area contributed by atoms with E-state index in [1.54, 1.807) is 19.1 Å². The van der Waals surface area contributed by atoms with Crippen LogP contribution in [-0.2, 0) is 32.1 Å². The lowest BCUT2D eigenvalue weighted by Crippen LogP contribution is -2.67. The number of rotatable bonds is 5. The van der Waals surface area contributed by atoms with Crippen molar-refractivity contribution < 1.29 is 33.1 Å². The molecule has 150 valence electrons. The molecule has 2 heterocycles. The van der Waals surface area contributed by atoms with E-state index in [2.05, 4.69) is 5.32 Å². The molecule has 0 radical (unpaired) electrons. The van der Waals surface area contributed by atoms with Crippen molar-refractivity contribution in [3.63, 3.8) is 0 Å². The fourth-order valence-corrected chi connectivity index (χ4v) is 3.45. The van der Waals surface area contributed by atoms with Gasteiger partial charge in [0.2, 0.25) is 0 Å². The summed E-state index contributed by atoms with van der Waals surface area (Å²) in [5.41, 5.74) is 1.69. The Morgan fingerprint density at radius 1 is 1.24 bits per heavy atom. The summed E-state index contributed by atoms with van der Waals surface area (Å²) in [6.07, 6.45) is 0. The standard InChI is InChI=1S/C20H19BFNO6/c1-12-16(7-4-14-9-29-21(26)17(12)14)18(24)23-20(10-27-11-20)19(25)28-8-13-2-5-15(22)6-3-13/h2-7,26H,8-11H2,1H3,(H,23,24). The van der Waals surface area contributed by atoms with Crippen LogP contribution in [0.4, 0.5) is 4.39 Å². The Morgan fingerprint density at radius 3 is 2.62 bits per heavy atom. The highest BCUT2D eigenvalue weighted by atomic mass is 19.1. The van der Waals surface area contributed by atoms with Crippen molar-refractivity contribution >= 4 is 24.5 Å². The van der Waals surface area contributed by atoms with Gasteiger partial charge < -0.3 is 24.5 Å². The minimum Gasteiger partial charge on any atom is -0.459 e. The van der Waals surface area contributed by atoms with E-state index in [1.165, 1.54) is 24.3 Å². The molecule has 0 saturated carbocycles. The number of hydrogen-bond donors (Lipinski definition) is 2. The highest BCUT2D eigenvalue weighted by Crippen LogP contribution is 2.22. The van der Waals surface area contributed by atoms with Crippen molar-refractivity contribution in [2.24, 2.45) is 0 Å². The number of carbonyl (C=O) groups is 2. The number of hydrogen-bond acceptors (Lipinski definition) is 6. The van der Waals surface area contributed by atoms with E-state index < -0.39 is 24.5 Å². The Kier molecular flexibility index (Phi) is 5.12. The van der Waals surface area contributed by atoms with Gasteiger partial charge in [-0.15, -0.1) is 0 Å². The monoisotopic (exact) mass is 399 g/mol. The molecule has 0 aliphatic carbocycles. The van der Waals surface area contributed by atoms with Gasteiger partial charge in [0.1, 0.15) is 12.4 Å². The summed E-state index contributed by atoms with van der Waals surface area (Å²) < 4.78 is 28.7. The lowest BCUT2D eigenvalue weighted by atomic mass is 9.75. The zero-order chi connectivity index (χ0) is 20.6. The first kappa shape index (κ1) is 19.6. The molecule has 1 fully saturated rings. The van der Waals surface area contributed by atoms with E-state index in [0.717, 1.165) is 5.56 Å². The molecule has 2 aromatic rings. The van der Waals surface area contributed by atoms with Crippen LogP contribution in [0.1, 0.15) is 27.0 Å². The number of ether oxygens (including phenoxy) is 2. The summed E-state index contributed by atoms with van der Waals surface area (Å²) in [5, 5.41) is 12.7. The zero-order valence-electron chi connectivity index (χ0n) is 15.7. The van der Waals surface area contributed by atoms with Gasteiger partial charge in [-0.3, -0.25) is 4.79 Å². The fourth-order valence-electron chi connectivity index (χ4n) is 3.45. The third kappa shape index (κ3) is 3.64. The molecule has 2 aliphatic rings. The van der Waals surface area contributed by atoms with Gasteiger partial charge in [0.05, 0.1) is 19.8 Å². The summed E-state index contributed by atoms with van der Waals surface area (Å²) in [7, 11) is -1.07. The second-order valence-electron chi connectivity index (χ2n) is 7.21. The van der Waals surface area contributed by atoms with Gasteiger partial charge in [0.25, 0.3) is 5.91 Å². The van der Waals surface area contributed by atoms with Crippen molar-refractivity contribution in [2.75, 3.05) is 13.2 Å². The van der Waals surface area contributed by atoms with Crippen LogP contribution in [0, 0.1) is 12.7 Å². The van der Waals surface area contributed by atoms with E-state index in [1.807, 2.05) is 0 Å². The summed E-state index contributed by atoms with van der Waals surface area (Å²) in [4.78, 5) is 25.5. The van der Waals surface area contributed by atoms with E-state index >= 15 is 0 Å². The van der Waals surface area contributed by atoms with Crippen LogP contribution in [0.3, 0.4) is 0 Å². The zero-order valence-corrected chi connectivity index (χ0v) is 15.7. The highest BCUT2D eigenvalue weighted by Gasteiger charge is 2.49. The largest absolute Gasteiger partial charge is 0.492 e. The van der Waals surface area contributed by atoms with Crippen LogP contribution < -0.4 is 10.8 Å². The molecular formula is C20H19BFNO6. The molecule has 1 amide bonds. The Bertz CT molecular complexity index is 960. The maximum absolute atomic E-state index is 13.0. The number of halogens is 1. The first-order chi connectivity index (χ1) is 13.9. The van der Waals surface area contributed by atoms with Crippen LogP contribution >= 0.6 is 0 Å². The van der Waals surface area contributed by atoms with Crippen molar-refractivity contribution in [1.29, 1.82) is 0 Å². The van der Waals surface area contributed by atoms with Crippen LogP contribution in [0.25, 0.3) is 0 Å². The number of fused-ring (bicyclic) bond motifs is 1. The number of benzene rings is 2. The smallest absolute Gasteiger partial charge is 0.459 e. The minimum atomic E-state index is -1.28. The average molecular weight is 399 g/mol. The molecule has 1 saturated heterocycles. The van der Waals surface area contributed by atoms with E-state index in [-0.39, 0.29) is 32.2 Å². The van der Waals surface area contributed by atoms with Crippen molar-refractivity contribution in [3.05, 3.63) is 64.5 Å². The number of amides is 1. The van der Waals surface area contributed by atoms with Crippen LogP contribution in [0.15, 0.2) is 36.4 Å². The van der Waals surface area contributed by atoms with E-state index in [4.69, 9.17) is 14.1 Å². The second kappa shape index (κ2) is 7.59. The predicted molar refractivity (Wildman–Crippen MR) is 101 cm³/mol. The fraction of sp³-hybridized carbons (Fsp3) is 0.300. The van der Waals surface area contributed by atoms with Crippen LogP contribution in [-0.4, -0.2) is 42.8 Å². The van der Waals surface area contributed by atoms with E-state index in [9.17, 15) is 19.0 Å². The summed E-state index contributed by atoms with van der Waals surface area (Å²) >= 11 is 0. The molecule has 0 aromatic heterocycles. The molecule has 7 nitrogen and oxygen atoms in total. The molecule has 29 heavy (non-hydrogen) atoms. The van der Waals surface area contributed by atoms with Gasteiger partial charge in [-0.05, 0) is 47.3 Å². The van der Waals surface area contributed by atoms with Crippen molar-refractivity contribution in [3.8, 4) is 0 Å². The van der Waals surface area contributed by atoms with Crippen LogP contribution in [0.2, 0.25) is 0 Å². The first-order valence-corrected chi connectivity index (χ1v) is 9.13. The Balaban J connectivity index is 1.47. The van der Waals surface area contributed by atoms with E-state index in [0.29, 0.717) is 22.2 Å². The Hall–Kier alpha value is -2.75. The number of esters is 1. The molecule has 4 rings (SSSR count). The molecular weight excluding hydrogens is 380 g/mol. The minimum absolute atomic E-state index is 0.00326. The predicted octanol–water partition coefficient (Wildman–Crippen LogP) is 0.594. The first-order valence-electron chi connectivity index (χ1n) is 9.13. The lowest BCUT2D eigenvalue weighted by Gasteiger charge is -2.39. The maximum atomic E-state index is 13.0. The number of carbonyl (C=O) groups excluding carboxylic acids is 2. The van der Waals surface area contributed by atoms with Gasteiger partial charge in [-0.25, -0.2) is 9.18 Å². The van der Waals surface area contributed by atoms with Gasteiger partial charge in [-0.1, -0.05) is 18.2 Å². The normalized spacial score (nSPS) is 16.7. The molecule has 2 aromatic carbocycles. The quantitative estimate of drug-likeness (QED) is 0.565. The highest BCUT2D eigenvalue weighted by molar-refractivity contribution is 6.62. The molecule has 0 unspecified atom stereocenters. The summed E-state index contributed by atoms with van der Waals surface area (Å²) in [5.74, 6) is -1.47. The Labute approximate surface area is 166 Å². The van der Waals surface area contributed by atoms with Gasteiger partial charge >= 0.3 is 13.1 Å². The van der Waals surface area contributed by atoms with Crippen molar-refractivity contribution in [2.45, 2.75) is 25.7 Å². The molecule has 0 atom stereocenters. The molecule has 0 bridgehead atoms. The van der Waals surface area contributed by atoms with Gasteiger partial charge in [0, 0.05) is 5.56 Å². The average Bonchev–Trinajstić information content (AvgIpc) is 3.06. The SMILES string of the molecule is Cc1c(C(=O)NC2(C(=O)OCc3ccc(F)cc3)COC2)ccc2c1B(O)OC2. The topological polar surface area (TPSA) is 94.1 Å². The molecule has 2 aliphatic heterocycles. The molecule has 0 spiro atoms.